The van der Waals surface area contributed by atoms with Crippen LogP contribution in [0.25, 0.3) is 0 Å². The van der Waals surface area contributed by atoms with E-state index in [0.29, 0.717) is 5.91 Å². The van der Waals surface area contributed by atoms with Crippen LogP contribution in [0.3, 0.4) is 0 Å². The van der Waals surface area contributed by atoms with Crippen LogP contribution >= 0.6 is 0 Å². The second-order valence-electron chi connectivity index (χ2n) is 7.47. The van der Waals surface area contributed by atoms with Gasteiger partial charge in [-0.25, -0.2) is 4.98 Å². The molecule has 2 aliphatic heterocycles. The summed E-state index contributed by atoms with van der Waals surface area (Å²) in [7, 11) is 0. The number of hydrogen-bond acceptors (Lipinski definition) is 4. The third-order valence-corrected chi connectivity index (χ3v) is 5.67. The first-order chi connectivity index (χ1) is 13.3. The van der Waals surface area contributed by atoms with Gasteiger partial charge in [0.05, 0.1) is 5.92 Å². The Labute approximate surface area is 161 Å². The molecule has 142 valence electrons. The van der Waals surface area contributed by atoms with Gasteiger partial charge in [-0.15, -0.1) is 0 Å². The van der Waals surface area contributed by atoms with Gasteiger partial charge in [0.15, 0.2) is 0 Å². The molecule has 2 aliphatic rings. The van der Waals surface area contributed by atoms with E-state index in [1.54, 1.807) is 0 Å². The monoisotopic (exact) mass is 364 g/mol. The largest absolute Gasteiger partial charge is 0.370 e. The molecule has 5 heteroatoms. The molecule has 1 amide bonds. The van der Waals surface area contributed by atoms with Gasteiger partial charge in [-0.1, -0.05) is 24.3 Å². The third-order valence-electron chi connectivity index (χ3n) is 5.67. The number of piperidine rings is 1. The van der Waals surface area contributed by atoms with Crippen LogP contribution in [-0.4, -0.2) is 55.1 Å². The number of benzene rings is 1. The molecule has 0 N–H and O–H groups in total. The van der Waals surface area contributed by atoms with Crippen molar-refractivity contribution in [1.29, 1.82) is 0 Å². The van der Waals surface area contributed by atoms with Crippen molar-refractivity contribution >= 4 is 17.4 Å². The molecule has 1 unspecified atom stereocenters. The van der Waals surface area contributed by atoms with Crippen molar-refractivity contribution in [1.82, 2.24) is 9.88 Å². The first kappa shape index (κ1) is 17.8. The Morgan fingerprint density at radius 3 is 2.48 bits per heavy atom. The Bertz CT molecular complexity index is 736. The minimum absolute atomic E-state index is 0.0871. The van der Waals surface area contributed by atoms with Gasteiger partial charge in [-0.2, -0.15) is 0 Å². The summed E-state index contributed by atoms with van der Waals surface area (Å²) in [5.41, 5.74) is 1.26. The topological polar surface area (TPSA) is 39.7 Å². The number of anilines is 2. The van der Waals surface area contributed by atoms with E-state index < -0.39 is 0 Å². The lowest BCUT2D eigenvalue weighted by molar-refractivity contribution is -0.135. The number of hydrogen-bond donors (Lipinski definition) is 0. The van der Waals surface area contributed by atoms with Gasteiger partial charge in [0.25, 0.3) is 0 Å². The van der Waals surface area contributed by atoms with Gasteiger partial charge in [-0.05, 0) is 43.5 Å². The molecule has 3 heterocycles. The lowest BCUT2D eigenvalue weighted by atomic mass is 9.96. The van der Waals surface area contributed by atoms with Crippen molar-refractivity contribution in [2.24, 2.45) is 5.92 Å². The van der Waals surface area contributed by atoms with Crippen LogP contribution in [0.15, 0.2) is 54.7 Å². The Hall–Kier alpha value is -2.56. The molecule has 2 aromatic rings. The summed E-state index contributed by atoms with van der Waals surface area (Å²) >= 11 is 0. The summed E-state index contributed by atoms with van der Waals surface area (Å²) in [4.78, 5) is 24.4. The maximum absolute atomic E-state index is 13.2. The van der Waals surface area contributed by atoms with E-state index in [9.17, 15) is 4.79 Å². The number of para-hydroxylation sites is 1. The van der Waals surface area contributed by atoms with E-state index in [2.05, 4.69) is 43.9 Å². The van der Waals surface area contributed by atoms with E-state index in [0.717, 1.165) is 64.3 Å². The van der Waals surface area contributed by atoms with Crippen LogP contribution < -0.4 is 9.80 Å². The van der Waals surface area contributed by atoms with Crippen molar-refractivity contribution in [3.8, 4) is 0 Å². The van der Waals surface area contributed by atoms with Gasteiger partial charge >= 0.3 is 0 Å². The number of nitrogens with zero attached hydrogens (tertiary/aromatic N) is 4. The quantitative estimate of drug-likeness (QED) is 0.839. The minimum atomic E-state index is 0.0871. The average Bonchev–Trinajstić information content (AvgIpc) is 3.01. The average molecular weight is 364 g/mol. The number of amides is 1. The molecule has 27 heavy (non-hydrogen) atoms. The Morgan fingerprint density at radius 1 is 0.852 bits per heavy atom. The number of pyridine rings is 1. The van der Waals surface area contributed by atoms with Crippen LogP contribution in [0.5, 0.6) is 0 Å². The van der Waals surface area contributed by atoms with Crippen molar-refractivity contribution in [2.45, 2.75) is 19.3 Å². The van der Waals surface area contributed by atoms with Crippen molar-refractivity contribution in [3.63, 3.8) is 0 Å². The van der Waals surface area contributed by atoms with Crippen molar-refractivity contribution in [3.05, 3.63) is 54.7 Å². The molecular weight excluding hydrogens is 336 g/mol. The maximum atomic E-state index is 13.2. The van der Waals surface area contributed by atoms with Crippen molar-refractivity contribution < 1.29 is 4.79 Å². The second kappa shape index (κ2) is 8.42. The number of aromatic nitrogens is 1. The predicted molar refractivity (Wildman–Crippen MR) is 109 cm³/mol. The highest BCUT2D eigenvalue weighted by Gasteiger charge is 2.30. The van der Waals surface area contributed by atoms with Gasteiger partial charge in [0.1, 0.15) is 5.82 Å². The fraction of sp³-hybridized carbons (Fsp3) is 0.455. The Morgan fingerprint density at radius 2 is 1.67 bits per heavy atom. The number of rotatable bonds is 3. The summed E-state index contributed by atoms with van der Waals surface area (Å²) in [6.07, 6.45) is 4.89. The third kappa shape index (κ3) is 4.24. The zero-order valence-corrected chi connectivity index (χ0v) is 15.8. The van der Waals surface area contributed by atoms with Crippen LogP contribution in [0, 0.1) is 5.92 Å². The Kier molecular flexibility index (Phi) is 5.56. The molecule has 2 saturated heterocycles. The van der Waals surface area contributed by atoms with E-state index in [-0.39, 0.29) is 5.92 Å². The molecule has 1 atom stereocenters. The highest BCUT2D eigenvalue weighted by molar-refractivity contribution is 5.80. The van der Waals surface area contributed by atoms with Crippen LogP contribution in [0.1, 0.15) is 19.3 Å². The van der Waals surface area contributed by atoms with Crippen molar-refractivity contribution in [2.75, 3.05) is 49.1 Å². The molecule has 5 nitrogen and oxygen atoms in total. The summed E-state index contributed by atoms with van der Waals surface area (Å²) in [5, 5.41) is 0. The molecule has 0 bridgehead atoms. The van der Waals surface area contributed by atoms with E-state index >= 15 is 0 Å². The lowest BCUT2D eigenvalue weighted by Crippen LogP contribution is -2.46. The summed E-state index contributed by atoms with van der Waals surface area (Å²) in [6, 6.07) is 16.5. The second-order valence-corrected chi connectivity index (χ2v) is 7.47. The van der Waals surface area contributed by atoms with Crippen LogP contribution in [-0.2, 0) is 4.79 Å². The fourth-order valence-electron chi connectivity index (χ4n) is 4.22. The predicted octanol–water partition coefficient (Wildman–Crippen LogP) is 3.04. The molecule has 0 saturated carbocycles. The Balaban J connectivity index is 1.37. The summed E-state index contributed by atoms with van der Waals surface area (Å²) in [5.74, 6) is 1.40. The summed E-state index contributed by atoms with van der Waals surface area (Å²) in [6.45, 7) is 5.37. The highest BCUT2D eigenvalue weighted by Crippen LogP contribution is 2.24. The van der Waals surface area contributed by atoms with Gasteiger partial charge < -0.3 is 14.7 Å². The SMILES string of the molecule is O=C(C1CCCN(c2ccccn2)C1)N1CCCN(c2ccccc2)CC1. The van der Waals surface area contributed by atoms with Gasteiger partial charge in [0, 0.05) is 51.2 Å². The molecule has 0 radical (unpaired) electrons. The molecule has 0 spiro atoms. The normalized spacial score (nSPS) is 21.0. The summed E-state index contributed by atoms with van der Waals surface area (Å²) < 4.78 is 0. The zero-order valence-electron chi connectivity index (χ0n) is 15.8. The minimum Gasteiger partial charge on any atom is -0.370 e. The molecule has 1 aromatic carbocycles. The number of carbonyl (C=O) groups excluding carboxylic acids is 1. The molecule has 1 aromatic heterocycles. The number of carbonyl (C=O) groups is 1. The highest BCUT2D eigenvalue weighted by atomic mass is 16.2. The first-order valence-corrected chi connectivity index (χ1v) is 10.1. The van der Waals surface area contributed by atoms with E-state index in [4.69, 9.17) is 0 Å². The molecule has 2 fully saturated rings. The molecular formula is C22H28N4O. The maximum Gasteiger partial charge on any atom is 0.227 e. The molecule has 4 rings (SSSR count). The standard InChI is InChI=1S/C22H28N4O/c27-22(19-8-6-13-26(18-19)21-11-4-5-12-23-21)25-15-7-14-24(16-17-25)20-9-2-1-3-10-20/h1-5,9-12,19H,6-8,13-18H2. The van der Waals surface area contributed by atoms with Gasteiger partial charge in [0.2, 0.25) is 5.91 Å². The van der Waals surface area contributed by atoms with Crippen LogP contribution in [0.2, 0.25) is 0 Å². The van der Waals surface area contributed by atoms with E-state index in [1.807, 2.05) is 30.5 Å². The van der Waals surface area contributed by atoms with Gasteiger partial charge in [-0.3, -0.25) is 4.79 Å². The lowest BCUT2D eigenvalue weighted by Gasteiger charge is -2.35. The first-order valence-electron chi connectivity index (χ1n) is 10.1. The van der Waals surface area contributed by atoms with E-state index in [1.165, 1.54) is 5.69 Å². The smallest absolute Gasteiger partial charge is 0.227 e. The fourth-order valence-corrected chi connectivity index (χ4v) is 4.22. The van der Waals surface area contributed by atoms with Crippen LogP contribution in [0.4, 0.5) is 11.5 Å². The molecule has 0 aliphatic carbocycles. The zero-order chi connectivity index (χ0) is 18.5.